The minimum atomic E-state index is -0.135. The van der Waals surface area contributed by atoms with Crippen LogP contribution < -0.4 is 5.56 Å². The number of hydrogen-bond donors (Lipinski definition) is 1. The van der Waals surface area contributed by atoms with Gasteiger partial charge in [0.2, 0.25) is 0 Å². The van der Waals surface area contributed by atoms with E-state index in [2.05, 4.69) is 27.1 Å². The molecule has 0 spiro atoms. The van der Waals surface area contributed by atoms with E-state index in [0.717, 1.165) is 22.3 Å². The van der Waals surface area contributed by atoms with Gasteiger partial charge in [0.25, 0.3) is 5.56 Å². The molecule has 26 heavy (non-hydrogen) atoms. The molecule has 0 radical (unpaired) electrons. The van der Waals surface area contributed by atoms with E-state index in [1.807, 2.05) is 55.5 Å². The summed E-state index contributed by atoms with van der Waals surface area (Å²) in [4.78, 5) is 24.4. The normalized spacial score (nSPS) is 11.0. The van der Waals surface area contributed by atoms with Crippen LogP contribution in [-0.4, -0.2) is 15.0 Å². The summed E-state index contributed by atoms with van der Waals surface area (Å²) in [6.07, 6.45) is 1.77. The zero-order chi connectivity index (χ0) is 17.9. The zero-order valence-electron chi connectivity index (χ0n) is 14.3. The van der Waals surface area contributed by atoms with Crippen LogP contribution >= 0.6 is 11.8 Å². The lowest BCUT2D eigenvalue weighted by Crippen LogP contribution is -2.10. The molecule has 0 saturated heterocycles. The Bertz CT molecular complexity index is 1120. The molecule has 0 aliphatic rings. The smallest absolute Gasteiger partial charge is 0.257 e. The molecule has 4 nitrogen and oxygen atoms in total. The molecule has 0 aliphatic carbocycles. The van der Waals surface area contributed by atoms with Crippen LogP contribution in [0.1, 0.15) is 11.1 Å². The molecule has 0 fully saturated rings. The Kier molecular flexibility index (Phi) is 4.54. The molecule has 2 aromatic heterocycles. The van der Waals surface area contributed by atoms with Gasteiger partial charge in [-0.1, -0.05) is 66.4 Å². The molecule has 1 N–H and O–H groups in total. The number of nitrogens with zero attached hydrogens (tertiary/aromatic N) is 2. The van der Waals surface area contributed by atoms with Crippen LogP contribution in [0.4, 0.5) is 0 Å². The first-order valence-corrected chi connectivity index (χ1v) is 9.32. The van der Waals surface area contributed by atoms with Crippen molar-refractivity contribution in [1.29, 1.82) is 0 Å². The van der Waals surface area contributed by atoms with Crippen molar-refractivity contribution < 1.29 is 0 Å². The number of aromatic amines is 1. The second kappa shape index (κ2) is 7.14. The Morgan fingerprint density at radius 1 is 1.00 bits per heavy atom. The highest BCUT2D eigenvalue weighted by atomic mass is 32.2. The summed E-state index contributed by atoms with van der Waals surface area (Å²) in [6.45, 7) is 2.00. The lowest BCUT2D eigenvalue weighted by atomic mass is 10.0. The summed E-state index contributed by atoms with van der Waals surface area (Å²) in [7, 11) is 0. The highest BCUT2D eigenvalue weighted by Crippen LogP contribution is 2.24. The molecule has 2 aromatic carbocycles. The fourth-order valence-corrected chi connectivity index (χ4v) is 3.61. The number of pyridine rings is 1. The van der Waals surface area contributed by atoms with Crippen LogP contribution in [0.2, 0.25) is 0 Å². The minimum Gasteiger partial charge on any atom is -0.306 e. The van der Waals surface area contributed by atoms with Gasteiger partial charge in [0, 0.05) is 22.9 Å². The second-order valence-electron chi connectivity index (χ2n) is 6.06. The number of hydrogen-bond acceptors (Lipinski definition) is 4. The summed E-state index contributed by atoms with van der Waals surface area (Å²) < 4.78 is 0. The third-order valence-corrected chi connectivity index (χ3v) is 5.15. The number of nitrogens with one attached hydrogen (secondary N) is 1. The van der Waals surface area contributed by atoms with Gasteiger partial charge in [-0.2, -0.15) is 0 Å². The van der Waals surface area contributed by atoms with Crippen molar-refractivity contribution in [2.24, 2.45) is 0 Å². The van der Waals surface area contributed by atoms with E-state index in [4.69, 9.17) is 0 Å². The van der Waals surface area contributed by atoms with Gasteiger partial charge in [0.05, 0.1) is 0 Å². The SMILES string of the molecule is Cc1ccccc1-c1cc2cnc(SCc3ccccc3)nc2[nH]c1=O. The number of aryl methyl sites for hydroxylation is 1. The molecule has 0 unspecified atom stereocenters. The Morgan fingerprint density at radius 3 is 2.58 bits per heavy atom. The first kappa shape index (κ1) is 16.5. The molecule has 0 amide bonds. The first-order chi connectivity index (χ1) is 12.7. The average molecular weight is 359 g/mol. The average Bonchev–Trinajstić information content (AvgIpc) is 2.67. The van der Waals surface area contributed by atoms with Crippen LogP contribution in [0, 0.1) is 6.92 Å². The summed E-state index contributed by atoms with van der Waals surface area (Å²) in [5.41, 5.74) is 4.28. The van der Waals surface area contributed by atoms with E-state index >= 15 is 0 Å². The van der Waals surface area contributed by atoms with Crippen molar-refractivity contribution in [3.05, 3.63) is 88.3 Å². The van der Waals surface area contributed by atoms with Crippen molar-refractivity contribution in [2.45, 2.75) is 17.8 Å². The maximum absolute atomic E-state index is 12.6. The van der Waals surface area contributed by atoms with E-state index in [-0.39, 0.29) is 5.56 Å². The molecule has 128 valence electrons. The number of fused-ring (bicyclic) bond motifs is 1. The Labute approximate surface area is 155 Å². The lowest BCUT2D eigenvalue weighted by Gasteiger charge is -2.07. The van der Waals surface area contributed by atoms with Crippen molar-refractivity contribution >= 4 is 22.8 Å². The van der Waals surface area contributed by atoms with Gasteiger partial charge in [0.1, 0.15) is 5.65 Å². The highest BCUT2D eigenvalue weighted by Gasteiger charge is 2.10. The van der Waals surface area contributed by atoms with Crippen molar-refractivity contribution in [1.82, 2.24) is 15.0 Å². The van der Waals surface area contributed by atoms with Gasteiger partial charge in [-0.25, -0.2) is 9.97 Å². The fraction of sp³-hybridized carbons (Fsp3) is 0.0952. The van der Waals surface area contributed by atoms with E-state index in [1.165, 1.54) is 5.56 Å². The van der Waals surface area contributed by atoms with Crippen molar-refractivity contribution in [3.8, 4) is 11.1 Å². The molecule has 4 rings (SSSR count). The molecule has 0 aliphatic heterocycles. The highest BCUT2D eigenvalue weighted by molar-refractivity contribution is 7.98. The summed E-state index contributed by atoms with van der Waals surface area (Å²) in [5.74, 6) is 0.790. The Morgan fingerprint density at radius 2 is 1.77 bits per heavy atom. The van der Waals surface area contributed by atoms with E-state index in [0.29, 0.717) is 16.4 Å². The van der Waals surface area contributed by atoms with E-state index < -0.39 is 0 Å². The second-order valence-corrected chi connectivity index (χ2v) is 7.00. The number of aromatic nitrogens is 3. The fourth-order valence-electron chi connectivity index (χ4n) is 2.84. The lowest BCUT2D eigenvalue weighted by molar-refractivity contribution is 0.984. The van der Waals surface area contributed by atoms with Crippen LogP contribution in [0.3, 0.4) is 0 Å². The van der Waals surface area contributed by atoms with Crippen molar-refractivity contribution in [2.75, 3.05) is 0 Å². The molecule has 0 bridgehead atoms. The topological polar surface area (TPSA) is 58.6 Å². The molecule has 5 heteroatoms. The molecule has 2 heterocycles. The summed E-state index contributed by atoms with van der Waals surface area (Å²) >= 11 is 1.55. The Hall–Kier alpha value is -2.92. The molecule has 4 aromatic rings. The predicted octanol–water partition coefficient (Wildman–Crippen LogP) is 4.59. The van der Waals surface area contributed by atoms with Gasteiger partial charge in [-0.3, -0.25) is 4.79 Å². The Balaban J connectivity index is 1.66. The van der Waals surface area contributed by atoms with Gasteiger partial charge in [-0.15, -0.1) is 0 Å². The third kappa shape index (κ3) is 3.39. The molecular formula is C21H17N3OS. The van der Waals surface area contributed by atoms with Crippen LogP contribution in [0.5, 0.6) is 0 Å². The van der Waals surface area contributed by atoms with Gasteiger partial charge < -0.3 is 4.98 Å². The zero-order valence-corrected chi connectivity index (χ0v) is 15.1. The predicted molar refractivity (Wildman–Crippen MR) is 106 cm³/mol. The van der Waals surface area contributed by atoms with Gasteiger partial charge in [0.15, 0.2) is 5.16 Å². The minimum absolute atomic E-state index is 0.135. The monoisotopic (exact) mass is 359 g/mol. The number of benzene rings is 2. The maximum atomic E-state index is 12.6. The van der Waals surface area contributed by atoms with Gasteiger partial charge in [-0.05, 0) is 29.7 Å². The van der Waals surface area contributed by atoms with Crippen molar-refractivity contribution in [3.63, 3.8) is 0 Å². The van der Waals surface area contributed by atoms with Crippen LogP contribution in [0.25, 0.3) is 22.2 Å². The summed E-state index contributed by atoms with van der Waals surface area (Å²) in [6, 6.07) is 19.9. The number of rotatable bonds is 4. The van der Waals surface area contributed by atoms with E-state index in [1.54, 1.807) is 18.0 Å². The largest absolute Gasteiger partial charge is 0.306 e. The van der Waals surface area contributed by atoms with Crippen LogP contribution in [0.15, 0.2) is 76.8 Å². The molecule has 0 saturated carbocycles. The first-order valence-electron chi connectivity index (χ1n) is 8.33. The standard InChI is InChI=1S/C21H17N3OS/c1-14-7-5-6-10-17(14)18-11-16-12-22-21(24-19(16)23-20(18)25)26-13-15-8-3-2-4-9-15/h2-12H,13H2,1H3,(H,22,23,24,25). The molecular weight excluding hydrogens is 342 g/mol. The summed E-state index contributed by atoms with van der Waals surface area (Å²) in [5, 5.41) is 1.48. The van der Waals surface area contributed by atoms with Gasteiger partial charge >= 0.3 is 0 Å². The van der Waals surface area contributed by atoms with E-state index in [9.17, 15) is 4.79 Å². The van der Waals surface area contributed by atoms with Crippen LogP contribution in [-0.2, 0) is 5.75 Å². The quantitative estimate of drug-likeness (QED) is 0.428. The maximum Gasteiger partial charge on any atom is 0.257 e. The number of H-pyrrole nitrogens is 1. The number of thioether (sulfide) groups is 1. The molecule has 0 atom stereocenters. The third-order valence-electron chi connectivity index (χ3n) is 4.22.